The molecule has 10 heteroatoms. The highest BCUT2D eigenvalue weighted by Gasteiger charge is 2.38. The van der Waals surface area contributed by atoms with Crippen LogP contribution in [0.3, 0.4) is 0 Å². The molecule has 1 atom stereocenters. The number of carbonyl (C=O) groups excluding carboxylic acids is 1. The van der Waals surface area contributed by atoms with E-state index in [9.17, 15) is 19.7 Å². The summed E-state index contributed by atoms with van der Waals surface area (Å²) < 4.78 is 1.31. The standard InChI is InChI=1S/C11H15N5O5/c1-6-9(16(20)21)11(14(2)13-6)15-4-3-12-10(19)7(15)5-8(17)18/h7H,3-5H2,1-2H3,(H,12,19)(H,17,18). The molecule has 1 aromatic heterocycles. The third kappa shape index (κ3) is 2.64. The van der Waals surface area contributed by atoms with Crippen LogP contribution >= 0.6 is 0 Å². The predicted octanol–water partition coefficient (Wildman–Crippen LogP) is -0.584. The van der Waals surface area contributed by atoms with E-state index in [0.29, 0.717) is 0 Å². The van der Waals surface area contributed by atoms with Crippen molar-refractivity contribution in [2.45, 2.75) is 19.4 Å². The van der Waals surface area contributed by atoms with E-state index >= 15 is 0 Å². The molecule has 0 saturated carbocycles. The molecule has 0 bridgehead atoms. The smallest absolute Gasteiger partial charge is 0.333 e. The highest BCUT2D eigenvalue weighted by Crippen LogP contribution is 2.33. The topological polar surface area (TPSA) is 131 Å². The Morgan fingerprint density at radius 1 is 1.62 bits per heavy atom. The van der Waals surface area contributed by atoms with Gasteiger partial charge in [0.05, 0.1) is 11.3 Å². The monoisotopic (exact) mass is 297 g/mol. The molecule has 0 aliphatic carbocycles. The van der Waals surface area contributed by atoms with Gasteiger partial charge in [0.25, 0.3) is 0 Å². The molecule has 10 nitrogen and oxygen atoms in total. The molecule has 1 aliphatic rings. The van der Waals surface area contributed by atoms with E-state index < -0.39 is 29.3 Å². The predicted molar refractivity (Wildman–Crippen MR) is 71.0 cm³/mol. The van der Waals surface area contributed by atoms with Crippen molar-refractivity contribution in [2.75, 3.05) is 18.0 Å². The molecule has 1 fully saturated rings. The van der Waals surface area contributed by atoms with Crippen molar-refractivity contribution in [3.63, 3.8) is 0 Å². The minimum absolute atomic E-state index is 0.151. The van der Waals surface area contributed by atoms with Gasteiger partial charge in [0.1, 0.15) is 11.7 Å². The van der Waals surface area contributed by atoms with Crippen molar-refractivity contribution in [1.29, 1.82) is 0 Å². The number of piperazine rings is 1. The molecule has 1 amide bonds. The zero-order chi connectivity index (χ0) is 15.7. The van der Waals surface area contributed by atoms with Crippen molar-refractivity contribution < 1.29 is 19.6 Å². The van der Waals surface area contributed by atoms with Crippen molar-refractivity contribution in [3.8, 4) is 0 Å². The number of hydrogen-bond donors (Lipinski definition) is 2. The van der Waals surface area contributed by atoms with Crippen LogP contribution in [0.1, 0.15) is 12.1 Å². The number of carboxylic acid groups (broad SMARTS) is 1. The SMILES string of the molecule is Cc1nn(C)c(N2CCNC(=O)C2CC(=O)O)c1[N+](=O)[O-]. The second-order valence-corrected chi connectivity index (χ2v) is 4.74. The first kappa shape index (κ1) is 14.8. The van der Waals surface area contributed by atoms with Gasteiger partial charge in [0, 0.05) is 20.1 Å². The van der Waals surface area contributed by atoms with Gasteiger partial charge in [0.15, 0.2) is 0 Å². The Balaban J connectivity index is 2.49. The molecule has 2 rings (SSSR count). The van der Waals surface area contributed by atoms with E-state index in [4.69, 9.17) is 5.11 Å². The molecule has 1 saturated heterocycles. The molecule has 21 heavy (non-hydrogen) atoms. The number of carboxylic acids is 1. The summed E-state index contributed by atoms with van der Waals surface area (Å²) in [6.45, 7) is 2.07. The number of amides is 1. The van der Waals surface area contributed by atoms with Crippen LogP contribution in [0.15, 0.2) is 0 Å². The van der Waals surface area contributed by atoms with Gasteiger partial charge in [-0.15, -0.1) is 0 Å². The van der Waals surface area contributed by atoms with Crippen LogP contribution in [-0.2, 0) is 16.6 Å². The third-order valence-electron chi connectivity index (χ3n) is 3.31. The molecule has 1 aromatic rings. The van der Waals surface area contributed by atoms with E-state index in [1.54, 1.807) is 0 Å². The fraction of sp³-hybridized carbons (Fsp3) is 0.545. The maximum absolute atomic E-state index is 11.9. The average molecular weight is 297 g/mol. The summed E-state index contributed by atoms with van der Waals surface area (Å²) in [4.78, 5) is 34.9. The summed E-state index contributed by atoms with van der Waals surface area (Å²) in [5, 5.41) is 26.7. The second kappa shape index (κ2) is 5.38. The molecule has 114 valence electrons. The van der Waals surface area contributed by atoms with Gasteiger partial charge in [-0.05, 0) is 6.92 Å². The lowest BCUT2D eigenvalue weighted by Crippen LogP contribution is -2.56. The molecule has 1 aliphatic heterocycles. The van der Waals surface area contributed by atoms with Crippen molar-refractivity contribution in [3.05, 3.63) is 15.8 Å². The van der Waals surface area contributed by atoms with Crippen LogP contribution in [0, 0.1) is 17.0 Å². The lowest BCUT2D eigenvalue weighted by Gasteiger charge is -2.34. The Bertz CT molecular complexity index is 610. The first-order chi connectivity index (χ1) is 9.82. The Hall–Kier alpha value is -2.65. The first-order valence-electron chi connectivity index (χ1n) is 6.27. The first-order valence-corrected chi connectivity index (χ1v) is 6.27. The molecule has 0 spiro atoms. The summed E-state index contributed by atoms with van der Waals surface area (Å²) >= 11 is 0. The fourth-order valence-electron chi connectivity index (χ4n) is 2.51. The molecular formula is C11H15N5O5. The number of nitro groups is 1. The van der Waals surface area contributed by atoms with Crippen molar-refractivity contribution in [1.82, 2.24) is 15.1 Å². The van der Waals surface area contributed by atoms with Gasteiger partial charge in [-0.3, -0.25) is 19.7 Å². The number of aryl methyl sites for hydroxylation is 2. The summed E-state index contributed by atoms with van der Waals surface area (Å²) in [5.74, 6) is -1.46. The second-order valence-electron chi connectivity index (χ2n) is 4.74. The van der Waals surface area contributed by atoms with Crippen LogP contribution in [0.25, 0.3) is 0 Å². The number of nitrogens with zero attached hydrogens (tertiary/aromatic N) is 4. The van der Waals surface area contributed by atoms with Gasteiger partial charge in [0.2, 0.25) is 11.7 Å². The summed E-state index contributed by atoms with van der Waals surface area (Å²) in [5.41, 5.74) is 0.0140. The zero-order valence-corrected chi connectivity index (χ0v) is 11.6. The van der Waals surface area contributed by atoms with E-state index in [2.05, 4.69) is 10.4 Å². The van der Waals surface area contributed by atoms with Crippen LogP contribution in [-0.4, -0.2) is 50.8 Å². The van der Waals surface area contributed by atoms with E-state index in [1.807, 2.05) is 0 Å². The normalized spacial score (nSPS) is 18.5. The maximum Gasteiger partial charge on any atom is 0.333 e. The largest absolute Gasteiger partial charge is 0.481 e. The van der Waals surface area contributed by atoms with Gasteiger partial charge in [-0.25, -0.2) is 4.68 Å². The van der Waals surface area contributed by atoms with Crippen molar-refractivity contribution in [2.24, 2.45) is 7.05 Å². The van der Waals surface area contributed by atoms with Crippen LogP contribution < -0.4 is 10.2 Å². The number of carbonyl (C=O) groups is 2. The molecule has 2 N–H and O–H groups in total. The minimum Gasteiger partial charge on any atom is -0.481 e. The van der Waals surface area contributed by atoms with Gasteiger partial charge in [-0.1, -0.05) is 0 Å². The summed E-state index contributed by atoms with van der Waals surface area (Å²) in [7, 11) is 1.53. The Morgan fingerprint density at radius 2 is 2.29 bits per heavy atom. The molecular weight excluding hydrogens is 282 g/mol. The van der Waals surface area contributed by atoms with Crippen LogP contribution in [0.5, 0.6) is 0 Å². The van der Waals surface area contributed by atoms with E-state index in [1.165, 1.54) is 23.6 Å². The third-order valence-corrected chi connectivity index (χ3v) is 3.31. The number of rotatable bonds is 4. The number of anilines is 1. The quantitative estimate of drug-likeness (QED) is 0.561. The van der Waals surface area contributed by atoms with Gasteiger partial charge < -0.3 is 15.3 Å². The maximum atomic E-state index is 11.9. The zero-order valence-electron chi connectivity index (χ0n) is 11.6. The Labute approximate surface area is 119 Å². The average Bonchev–Trinajstić information content (AvgIpc) is 2.66. The minimum atomic E-state index is -1.15. The number of nitrogens with one attached hydrogen (secondary N) is 1. The fourth-order valence-corrected chi connectivity index (χ4v) is 2.51. The lowest BCUT2D eigenvalue weighted by atomic mass is 10.1. The summed E-state index contributed by atoms with van der Waals surface area (Å²) in [6.07, 6.45) is -0.437. The van der Waals surface area contributed by atoms with Gasteiger partial charge in [-0.2, -0.15) is 5.10 Å². The van der Waals surface area contributed by atoms with Gasteiger partial charge >= 0.3 is 11.7 Å². The molecule has 0 radical (unpaired) electrons. The molecule has 0 aromatic carbocycles. The number of aliphatic carboxylic acids is 1. The summed E-state index contributed by atoms with van der Waals surface area (Å²) in [6, 6.07) is -0.996. The Morgan fingerprint density at radius 3 is 2.86 bits per heavy atom. The molecule has 2 heterocycles. The highest BCUT2D eigenvalue weighted by molar-refractivity contribution is 5.90. The molecule has 1 unspecified atom stereocenters. The lowest BCUT2D eigenvalue weighted by molar-refractivity contribution is -0.384. The van der Waals surface area contributed by atoms with Crippen molar-refractivity contribution >= 4 is 23.4 Å². The van der Waals surface area contributed by atoms with E-state index in [0.717, 1.165) is 0 Å². The highest BCUT2D eigenvalue weighted by atomic mass is 16.6. The Kier molecular flexibility index (Phi) is 3.78. The number of hydrogen-bond acceptors (Lipinski definition) is 6. The van der Waals surface area contributed by atoms with Crippen LogP contribution in [0.4, 0.5) is 11.5 Å². The van der Waals surface area contributed by atoms with Crippen LogP contribution in [0.2, 0.25) is 0 Å². The number of aromatic nitrogens is 2. The van der Waals surface area contributed by atoms with E-state index in [-0.39, 0.29) is 30.3 Å².